The van der Waals surface area contributed by atoms with Crippen LogP contribution in [0.2, 0.25) is 0 Å². The molecule has 0 amide bonds. The van der Waals surface area contributed by atoms with Gasteiger partial charge in [0.15, 0.2) is 5.13 Å². The van der Waals surface area contributed by atoms with E-state index in [9.17, 15) is 0 Å². The van der Waals surface area contributed by atoms with Crippen LogP contribution >= 0.6 is 23.1 Å². The number of hydrogen-bond acceptors (Lipinski definition) is 6. The summed E-state index contributed by atoms with van der Waals surface area (Å²) in [5.41, 5.74) is 8.00. The first-order valence-corrected chi connectivity index (χ1v) is 6.70. The smallest absolute Gasteiger partial charge is 0.181 e. The fourth-order valence-corrected chi connectivity index (χ4v) is 3.34. The molecule has 0 aliphatic heterocycles. The maximum Gasteiger partial charge on any atom is 0.181 e. The molecule has 2 aromatic rings. The molecule has 0 aromatic carbocycles. The number of aromatic nitrogens is 2. The zero-order chi connectivity index (χ0) is 12.3. The molecule has 0 saturated heterocycles. The van der Waals surface area contributed by atoms with Crippen molar-refractivity contribution < 1.29 is 0 Å². The molecule has 0 unspecified atom stereocenters. The van der Waals surface area contributed by atoms with Crippen molar-refractivity contribution in [1.82, 2.24) is 9.97 Å². The number of rotatable bonds is 3. The number of nitrogens with zero attached hydrogens (tertiary/aromatic N) is 3. The molecule has 0 radical (unpaired) electrons. The van der Waals surface area contributed by atoms with Gasteiger partial charge in [-0.2, -0.15) is 5.26 Å². The van der Waals surface area contributed by atoms with E-state index in [1.165, 1.54) is 11.3 Å². The number of anilines is 1. The van der Waals surface area contributed by atoms with E-state index in [1.54, 1.807) is 18.0 Å². The third-order valence-electron chi connectivity index (χ3n) is 2.13. The lowest BCUT2D eigenvalue weighted by Crippen LogP contribution is -1.90. The summed E-state index contributed by atoms with van der Waals surface area (Å²) in [4.78, 5) is 8.19. The monoisotopic (exact) mass is 262 g/mol. The molecule has 2 heterocycles. The van der Waals surface area contributed by atoms with Crippen LogP contribution in [0.5, 0.6) is 0 Å². The maximum absolute atomic E-state index is 8.92. The lowest BCUT2D eigenvalue weighted by molar-refractivity contribution is 1.19. The van der Waals surface area contributed by atoms with Crippen molar-refractivity contribution in [2.45, 2.75) is 16.9 Å². The molecule has 86 valence electrons. The predicted octanol–water partition coefficient (Wildman–Crippen LogP) is 2.59. The highest BCUT2D eigenvalue weighted by Crippen LogP contribution is 2.32. The highest BCUT2D eigenvalue weighted by molar-refractivity contribution is 8.00. The molecule has 2 N–H and O–H groups in total. The minimum atomic E-state index is 0.482. The predicted molar refractivity (Wildman–Crippen MR) is 69.8 cm³/mol. The third kappa shape index (κ3) is 2.75. The Morgan fingerprint density at radius 3 is 3.06 bits per heavy atom. The number of hydrogen-bond donors (Lipinski definition) is 1. The van der Waals surface area contributed by atoms with E-state index in [1.807, 2.05) is 19.1 Å². The summed E-state index contributed by atoms with van der Waals surface area (Å²) in [5, 5.41) is 9.50. The van der Waals surface area contributed by atoms with Gasteiger partial charge in [0.2, 0.25) is 0 Å². The topological polar surface area (TPSA) is 75.6 Å². The molecule has 2 aromatic heterocycles. The number of thioether (sulfide) groups is 1. The lowest BCUT2D eigenvalue weighted by atomic mass is 10.2. The van der Waals surface area contributed by atoms with E-state index in [0.717, 1.165) is 15.5 Å². The summed E-state index contributed by atoms with van der Waals surface area (Å²) in [6.45, 7) is 1.93. The van der Waals surface area contributed by atoms with Crippen molar-refractivity contribution in [3.05, 3.63) is 35.3 Å². The van der Waals surface area contributed by atoms with Crippen LogP contribution in [-0.4, -0.2) is 9.97 Å². The highest BCUT2D eigenvalue weighted by atomic mass is 32.2. The third-order valence-corrected chi connectivity index (χ3v) is 4.52. The summed E-state index contributed by atoms with van der Waals surface area (Å²) < 4.78 is 1.09. The van der Waals surface area contributed by atoms with E-state index < -0.39 is 0 Å². The van der Waals surface area contributed by atoms with Gasteiger partial charge >= 0.3 is 0 Å². The first-order chi connectivity index (χ1) is 8.20. The SMILES string of the molecule is Cc1nc(N)sc1SCc1cccnc1C#N. The molecule has 0 fully saturated rings. The van der Waals surface area contributed by atoms with Gasteiger partial charge in [-0.3, -0.25) is 0 Å². The largest absolute Gasteiger partial charge is 0.375 e. The van der Waals surface area contributed by atoms with Gasteiger partial charge in [0.1, 0.15) is 11.8 Å². The van der Waals surface area contributed by atoms with Crippen molar-refractivity contribution >= 4 is 28.2 Å². The number of aryl methyl sites for hydroxylation is 1. The van der Waals surface area contributed by atoms with Gasteiger partial charge in [-0.05, 0) is 18.6 Å². The first kappa shape index (κ1) is 11.9. The Morgan fingerprint density at radius 2 is 2.41 bits per heavy atom. The number of nitriles is 1. The number of nitrogens with two attached hydrogens (primary N) is 1. The Morgan fingerprint density at radius 1 is 1.59 bits per heavy atom. The van der Waals surface area contributed by atoms with Crippen LogP contribution in [0.3, 0.4) is 0 Å². The fourth-order valence-electron chi connectivity index (χ4n) is 1.34. The molecule has 0 aliphatic rings. The number of nitrogen functional groups attached to an aromatic ring is 1. The van der Waals surface area contributed by atoms with Crippen LogP contribution in [0.1, 0.15) is 17.0 Å². The van der Waals surface area contributed by atoms with E-state index >= 15 is 0 Å². The van der Waals surface area contributed by atoms with Gasteiger partial charge in [0, 0.05) is 11.9 Å². The van der Waals surface area contributed by atoms with Crippen LogP contribution < -0.4 is 5.73 Å². The van der Waals surface area contributed by atoms with Gasteiger partial charge in [0.05, 0.1) is 9.90 Å². The summed E-state index contributed by atoms with van der Waals surface area (Å²) >= 11 is 3.11. The quantitative estimate of drug-likeness (QED) is 0.860. The standard InChI is InChI=1S/C11H10N4S2/c1-7-10(17-11(13)15-7)16-6-8-3-2-4-14-9(8)5-12/h2-4H,6H2,1H3,(H2,13,15). The number of pyridine rings is 1. The molecule has 0 bridgehead atoms. The molecule has 0 spiro atoms. The van der Waals surface area contributed by atoms with Gasteiger partial charge in [-0.1, -0.05) is 17.4 Å². The second-order valence-electron chi connectivity index (χ2n) is 3.34. The van der Waals surface area contributed by atoms with Crippen molar-refractivity contribution in [1.29, 1.82) is 5.26 Å². The van der Waals surface area contributed by atoms with Crippen LogP contribution in [0, 0.1) is 18.3 Å². The number of thiazole rings is 1. The van der Waals surface area contributed by atoms with Crippen LogP contribution in [0.15, 0.2) is 22.5 Å². The second-order valence-corrected chi connectivity index (χ2v) is 5.61. The molecule has 4 nitrogen and oxygen atoms in total. The minimum absolute atomic E-state index is 0.482. The summed E-state index contributed by atoms with van der Waals surface area (Å²) in [5.74, 6) is 0.708. The molecule has 17 heavy (non-hydrogen) atoms. The van der Waals surface area contributed by atoms with Crippen molar-refractivity contribution in [2.75, 3.05) is 5.73 Å². The summed E-state index contributed by atoms with van der Waals surface area (Å²) in [7, 11) is 0. The summed E-state index contributed by atoms with van der Waals surface area (Å²) in [6.07, 6.45) is 1.63. The van der Waals surface area contributed by atoms with Crippen LogP contribution in [0.25, 0.3) is 0 Å². The van der Waals surface area contributed by atoms with Crippen LogP contribution in [-0.2, 0) is 5.75 Å². The van der Waals surface area contributed by atoms with Gasteiger partial charge in [-0.25, -0.2) is 9.97 Å². The minimum Gasteiger partial charge on any atom is -0.375 e. The normalized spacial score (nSPS) is 10.1. The molecule has 0 atom stereocenters. The first-order valence-electron chi connectivity index (χ1n) is 4.90. The van der Waals surface area contributed by atoms with Crippen molar-refractivity contribution in [3.63, 3.8) is 0 Å². The average molecular weight is 262 g/mol. The molecular formula is C11H10N4S2. The van der Waals surface area contributed by atoms with E-state index in [-0.39, 0.29) is 0 Å². The maximum atomic E-state index is 8.92. The second kappa shape index (κ2) is 5.17. The van der Waals surface area contributed by atoms with Gasteiger partial charge in [-0.15, -0.1) is 11.8 Å². The fraction of sp³-hybridized carbons (Fsp3) is 0.182. The Labute approximate surface area is 108 Å². The Bertz CT molecular complexity index is 571. The van der Waals surface area contributed by atoms with E-state index in [4.69, 9.17) is 11.0 Å². The van der Waals surface area contributed by atoms with Crippen molar-refractivity contribution in [3.8, 4) is 6.07 Å². The molecule has 0 aliphatic carbocycles. The molecule has 6 heteroatoms. The highest BCUT2D eigenvalue weighted by Gasteiger charge is 2.08. The van der Waals surface area contributed by atoms with Crippen molar-refractivity contribution in [2.24, 2.45) is 0 Å². The van der Waals surface area contributed by atoms with Crippen LogP contribution in [0.4, 0.5) is 5.13 Å². The van der Waals surface area contributed by atoms with E-state index in [0.29, 0.717) is 16.6 Å². The lowest BCUT2D eigenvalue weighted by Gasteiger charge is -2.01. The Balaban J connectivity index is 2.13. The average Bonchev–Trinajstić information content (AvgIpc) is 2.65. The zero-order valence-electron chi connectivity index (χ0n) is 9.17. The Hall–Kier alpha value is -1.58. The van der Waals surface area contributed by atoms with Gasteiger partial charge in [0.25, 0.3) is 0 Å². The molecular weight excluding hydrogens is 252 g/mol. The summed E-state index contributed by atoms with van der Waals surface area (Å²) in [6, 6.07) is 5.84. The molecule has 2 rings (SSSR count). The van der Waals surface area contributed by atoms with E-state index in [2.05, 4.69) is 16.0 Å². The molecule has 0 saturated carbocycles. The Kier molecular flexibility index (Phi) is 3.61. The zero-order valence-corrected chi connectivity index (χ0v) is 10.8. The van der Waals surface area contributed by atoms with Gasteiger partial charge < -0.3 is 5.73 Å².